The first-order chi connectivity index (χ1) is 15.1. The van der Waals surface area contributed by atoms with Crippen molar-refractivity contribution in [1.82, 2.24) is 0 Å². The molecule has 3 aromatic rings. The Morgan fingerprint density at radius 3 is 2.61 bits per heavy atom. The van der Waals surface area contributed by atoms with Gasteiger partial charge >= 0.3 is 0 Å². The number of aryl methyl sites for hydroxylation is 1. The number of amides is 2. The number of fused-ring (bicyclic) bond motifs is 1. The van der Waals surface area contributed by atoms with Gasteiger partial charge in [0.25, 0.3) is 5.91 Å². The van der Waals surface area contributed by atoms with Crippen molar-refractivity contribution in [2.24, 2.45) is 0 Å². The number of nitrogens with one attached hydrogen (secondary N) is 1. The topological polar surface area (TPSA) is 67.9 Å². The summed E-state index contributed by atoms with van der Waals surface area (Å²) < 4.78 is 11.1. The van der Waals surface area contributed by atoms with Gasteiger partial charge in [0.05, 0.1) is 25.3 Å². The first kappa shape index (κ1) is 20.5. The standard InChI is InChI=1S/C25H24N2O4/c1-18-7-9-19(10-8-18)16-27-22-15-20(11-12-23(22)31-17-25(27)29)26-24(28)13-14-30-21-5-3-2-4-6-21/h2-12,15H,13-14,16-17H2,1H3,(H,26,28). The lowest BCUT2D eigenvalue weighted by Crippen LogP contribution is -2.38. The summed E-state index contributed by atoms with van der Waals surface area (Å²) in [6, 6.07) is 22.8. The molecule has 0 radical (unpaired) electrons. The van der Waals surface area contributed by atoms with Gasteiger partial charge in [-0.25, -0.2) is 0 Å². The number of nitrogens with zero attached hydrogens (tertiary/aromatic N) is 1. The highest BCUT2D eigenvalue weighted by atomic mass is 16.5. The van der Waals surface area contributed by atoms with Crippen LogP contribution in [0.1, 0.15) is 17.5 Å². The van der Waals surface area contributed by atoms with E-state index in [9.17, 15) is 9.59 Å². The minimum Gasteiger partial charge on any atom is -0.493 e. The van der Waals surface area contributed by atoms with Crippen molar-refractivity contribution in [2.45, 2.75) is 19.9 Å². The van der Waals surface area contributed by atoms with Gasteiger partial charge in [0, 0.05) is 5.69 Å². The molecule has 4 rings (SSSR count). The van der Waals surface area contributed by atoms with Gasteiger partial charge in [0.15, 0.2) is 6.61 Å². The van der Waals surface area contributed by atoms with Crippen LogP contribution in [0.15, 0.2) is 72.8 Å². The Hall–Kier alpha value is -3.80. The van der Waals surface area contributed by atoms with Gasteiger partial charge < -0.3 is 19.7 Å². The number of hydrogen-bond acceptors (Lipinski definition) is 4. The number of carbonyl (C=O) groups excluding carboxylic acids is 2. The molecule has 2 amide bonds. The second-order valence-corrected chi connectivity index (χ2v) is 7.40. The molecular weight excluding hydrogens is 392 g/mol. The highest BCUT2D eigenvalue weighted by molar-refractivity contribution is 5.99. The van der Waals surface area contributed by atoms with E-state index in [1.807, 2.05) is 61.5 Å². The molecule has 0 atom stereocenters. The number of carbonyl (C=O) groups is 2. The molecule has 0 spiro atoms. The summed E-state index contributed by atoms with van der Waals surface area (Å²) in [6.07, 6.45) is 0.217. The zero-order chi connectivity index (χ0) is 21.6. The maximum absolute atomic E-state index is 12.5. The van der Waals surface area contributed by atoms with Crippen molar-refractivity contribution in [3.8, 4) is 11.5 Å². The fraction of sp³-hybridized carbons (Fsp3) is 0.200. The lowest BCUT2D eigenvalue weighted by molar-refractivity contribution is -0.121. The Labute approximate surface area is 181 Å². The maximum Gasteiger partial charge on any atom is 0.265 e. The third kappa shape index (κ3) is 5.22. The molecule has 1 aliphatic rings. The zero-order valence-corrected chi connectivity index (χ0v) is 17.3. The first-order valence-corrected chi connectivity index (χ1v) is 10.2. The van der Waals surface area contributed by atoms with E-state index in [1.54, 1.807) is 23.1 Å². The summed E-state index contributed by atoms with van der Waals surface area (Å²) in [5, 5.41) is 2.87. The highest BCUT2D eigenvalue weighted by Crippen LogP contribution is 2.35. The number of rotatable bonds is 7. The van der Waals surface area contributed by atoms with Gasteiger partial charge in [0.2, 0.25) is 5.91 Å². The summed E-state index contributed by atoms with van der Waals surface area (Å²) >= 11 is 0. The van der Waals surface area contributed by atoms with Crippen LogP contribution in [0.2, 0.25) is 0 Å². The quantitative estimate of drug-likeness (QED) is 0.623. The second-order valence-electron chi connectivity index (χ2n) is 7.40. The van der Waals surface area contributed by atoms with Crippen LogP contribution in [0.3, 0.4) is 0 Å². The molecule has 3 aromatic carbocycles. The summed E-state index contributed by atoms with van der Waals surface area (Å²) in [5.41, 5.74) is 3.45. The van der Waals surface area contributed by atoms with Gasteiger partial charge in [-0.15, -0.1) is 0 Å². The summed E-state index contributed by atoms with van der Waals surface area (Å²) in [4.78, 5) is 26.6. The predicted molar refractivity (Wildman–Crippen MR) is 119 cm³/mol. The number of benzene rings is 3. The van der Waals surface area contributed by atoms with Crippen molar-refractivity contribution < 1.29 is 19.1 Å². The molecule has 6 nitrogen and oxygen atoms in total. The van der Waals surface area contributed by atoms with E-state index in [1.165, 1.54) is 5.56 Å². The largest absolute Gasteiger partial charge is 0.493 e. The Kier molecular flexibility index (Phi) is 6.17. The second kappa shape index (κ2) is 9.34. The van der Waals surface area contributed by atoms with Gasteiger partial charge in [0.1, 0.15) is 11.5 Å². The van der Waals surface area contributed by atoms with Gasteiger partial charge in [-0.3, -0.25) is 9.59 Å². The van der Waals surface area contributed by atoms with Crippen molar-refractivity contribution in [3.63, 3.8) is 0 Å². The van der Waals surface area contributed by atoms with Crippen molar-refractivity contribution >= 4 is 23.2 Å². The molecule has 1 N–H and O–H groups in total. The van der Waals surface area contributed by atoms with Gasteiger partial charge in [-0.05, 0) is 42.8 Å². The first-order valence-electron chi connectivity index (χ1n) is 10.2. The van der Waals surface area contributed by atoms with E-state index in [0.717, 1.165) is 11.3 Å². The molecule has 0 saturated carbocycles. The van der Waals surface area contributed by atoms with E-state index in [0.29, 0.717) is 23.7 Å². The fourth-order valence-corrected chi connectivity index (χ4v) is 3.33. The minimum atomic E-state index is -0.163. The average Bonchev–Trinajstić information content (AvgIpc) is 2.78. The minimum absolute atomic E-state index is 0.00138. The Balaban J connectivity index is 1.42. The lowest BCUT2D eigenvalue weighted by Gasteiger charge is -2.30. The lowest BCUT2D eigenvalue weighted by atomic mass is 10.1. The van der Waals surface area contributed by atoms with E-state index in [4.69, 9.17) is 9.47 Å². The van der Waals surface area contributed by atoms with E-state index in [2.05, 4.69) is 5.32 Å². The predicted octanol–water partition coefficient (Wildman–Crippen LogP) is 4.33. The molecular formula is C25H24N2O4. The highest BCUT2D eigenvalue weighted by Gasteiger charge is 2.26. The molecule has 0 fully saturated rings. The smallest absolute Gasteiger partial charge is 0.265 e. The zero-order valence-electron chi connectivity index (χ0n) is 17.3. The van der Waals surface area contributed by atoms with Crippen LogP contribution in [-0.2, 0) is 16.1 Å². The number of ether oxygens (including phenoxy) is 2. The molecule has 0 aromatic heterocycles. The normalized spacial score (nSPS) is 12.7. The SMILES string of the molecule is Cc1ccc(CN2C(=O)COc3ccc(NC(=O)CCOc4ccccc4)cc32)cc1. The van der Waals surface area contributed by atoms with Crippen LogP contribution < -0.4 is 19.7 Å². The van der Waals surface area contributed by atoms with Crippen molar-refractivity contribution in [1.29, 1.82) is 0 Å². The van der Waals surface area contributed by atoms with Crippen molar-refractivity contribution in [2.75, 3.05) is 23.4 Å². The summed E-state index contributed by atoms with van der Waals surface area (Å²) in [6.45, 7) is 2.75. The molecule has 1 heterocycles. The fourth-order valence-electron chi connectivity index (χ4n) is 3.33. The molecule has 0 aliphatic carbocycles. The third-order valence-electron chi connectivity index (χ3n) is 4.99. The number of hydrogen-bond donors (Lipinski definition) is 1. The molecule has 1 aliphatic heterocycles. The van der Waals surface area contributed by atoms with E-state index >= 15 is 0 Å². The monoisotopic (exact) mass is 416 g/mol. The molecule has 0 unspecified atom stereocenters. The Morgan fingerprint density at radius 2 is 1.84 bits per heavy atom. The molecule has 6 heteroatoms. The van der Waals surface area contributed by atoms with Crippen molar-refractivity contribution in [3.05, 3.63) is 83.9 Å². The van der Waals surface area contributed by atoms with Crippen LogP contribution in [0, 0.1) is 6.92 Å². The Morgan fingerprint density at radius 1 is 1.06 bits per heavy atom. The number of anilines is 2. The molecule has 31 heavy (non-hydrogen) atoms. The summed E-state index contributed by atoms with van der Waals surface area (Å²) in [7, 11) is 0. The van der Waals surface area contributed by atoms with E-state index in [-0.39, 0.29) is 31.4 Å². The van der Waals surface area contributed by atoms with Crippen LogP contribution >= 0.6 is 0 Å². The van der Waals surface area contributed by atoms with Crippen LogP contribution in [0.25, 0.3) is 0 Å². The molecule has 0 bridgehead atoms. The molecule has 0 saturated heterocycles. The molecule has 158 valence electrons. The number of para-hydroxylation sites is 1. The van der Waals surface area contributed by atoms with Gasteiger partial charge in [-0.1, -0.05) is 48.0 Å². The Bertz CT molecular complexity index is 1060. The third-order valence-corrected chi connectivity index (χ3v) is 4.99. The summed E-state index contributed by atoms with van der Waals surface area (Å²) in [5.74, 6) is 1.07. The van der Waals surface area contributed by atoms with Crippen LogP contribution in [0.4, 0.5) is 11.4 Å². The van der Waals surface area contributed by atoms with Crippen LogP contribution in [-0.4, -0.2) is 25.0 Å². The van der Waals surface area contributed by atoms with E-state index < -0.39 is 0 Å². The van der Waals surface area contributed by atoms with Crippen LogP contribution in [0.5, 0.6) is 11.5 Å². The van der Waals surface area contributed by atoms with Gasteiger partial charge in [-0.2, -0.15) is 0 Å². The maximum atomic E-state index is 12.5. The average molecular weight is 416 g/mol.